The van der Waals surface area contributed by atoms with Crippen molar-refractivity contribution in [2.75, 3.05) is 6.54 Å². The average molecular weight is 292 g/mol. The molecule has 1 N–H and O–H groups in total. The van der Waals surface area contributed by atoms with Gasteiger partial charge >= 0.3 is 6.18 Å². The zero-order chi connectivity index (χ0) is 14.9. The van der Waals surface area contributed by atoms with Crippen molar-refractivity contribution >= 4 is 5.91 Å². The molecular formula is C14H23F3N2O. The lowest BCUT2D eigenvalue weighted by Crippen LogP contribution is -2.51. The van der Waals surface area contributed by atoms with Crippen LogP contribution in [0.5, 0.6) is 0 Å². The number of fused-ring (bicyclic) bond motifs is 1. The van der Waals surface area contributed by atoms with E-state index in [-0.39, 0.29) is 0 Å². The Bertz CT molecular complexity index is 343. The van der Waals surface area contributed by atoms with Crippen molar-refractivity contribution in [2.45, 2.75) is 70.3 Å². The summed E-state index contributed by atoms with van der Waals surface area (Å²) in [6.07, 6.45) is 0.777. The molecule has 1 saturated heterocycles. The van der Waals surface area contributed by atoms with E-state index in [4.69, 9.17) is 0 Å². The number of amides is 1. The molecule has 3 nitrogen and oxygen atoms in total. The van der Waals surface area contributed by atoms with Crippen LogP contribution >= 0.6 is 0 Å². The zero-order valence-corrected chi connectivity index (χ0v) is 12.0. The SMILES string of the molecule is CC(C)N(CC(F)(F)F)C(=O)C1CC2CCCCC2N1. The van der Waals surface area contributed by atoms with Crippen LogP contribution in [0.3, 0.4) is 0 Å². The van der Waals surface area contributed by atoms with Crippen LogP contribution in [0.4, 0.5) is 13.2 Å². The first-order valence-corrected chi connectivity index (χ1v) is 7.41. The Hall–Kier alpha value is -0.780. The molecule has 2 fully saturated rings. The number of rotatable bonds is 3. The van der Waals surface area contributed by atoms with E-state index < -0.39 is 30.7 Å². The standard InChI is InChI=1S/C14H23F3N2O/c1-9(2)19(8-14(15,16)17)13(20)12-7-10-5-3-4-6-11(10)18-12/h9-12,18H,3-8H2,1-2H3. The molecule has 1 aliphatic heterocycles. The monoisotopic (exact) mass is 292 g/mol. The van der Waals surface area contributed by atoms with Gasteiger partial charge in [0.15, 0.2) is 0 Å². The van der Waals surface area contributed by atoms with Crippen LogP contribution in [0.15, 0.2) is 0 Å². The van der Waals surface area contributed by atoms with Crippen molar-refractivity contribution in [1.29, 1.82) is 0 Å². The van der Waals surface area contributed by atoms with Gasteiger partial charge in [-0.2, -0.15) is 13.2 Å². The summed E-state index contributed by atoms with van der Waals surface area (Å²) in [7, 11) is 0. The van der Waals surface area contributed by atoms with Crippen LogP contribution < -0.4 is 5.32 Å². The highest BCUT2D eigenvalue weighted by Gasteiger charge is 2.42. The molecule has 116 valence electrons. The Labute approximate surface area is 117 Å². The number of alkyl halides is 3. The summed E-state index contributed by atoms with van der Waals surface area (Å²) in [6, 6.07) is -0.556. The van der Waals surface area contributed by atoms with Gasteiger partial charge in [0.25, 0.3) is 0 Å². The highest BCUT2D eigenvalue weighted by Crippen LogP contribution is 2.34. The third kappa shape index (κ3) is 3.65. The van der Waals surface area contributed by atoms with Gasteiger partial charge in [-0.3, -0.25) is 4.79 Å². The fourth-order valence-corrected chi connectivity index (χ4v) is 3.42. The minimum Gasteiger partial charge on any atom is -0.330 e. The van der Waals surface area contributed by atoms with E-state index in [1.807, 2.05) is 0 Å². The van der Waals surface area contributed by atoms with Gasteiger partial charge in [0, 0.05) is 12.1 Å². The van der Waals surface area contributed by atoms with E-state index in [1.165, 1.54) is 6.42 Å². The number of carbonyl (C=O) groups excluding carboxylic acids is 1. The second kappa shape index (κ2) is 5.92. The number of halogens is 3. The highest BCUT2D eigenvalue weighted by molar-refractivity contribution is 5.82. The van der Waals surface area contributed by atoms with Crippen LogP contribution in [-0.2, 0) is 4.79 Å². The summed E-state index contributed by atoms with van der Waals surface area (Å²) < 4.78 is 37.8. The highest BCUT2D eigenvalue weighted by atomic mass is 19.4. The third-order valence-corrected chi connectivity index (χ3v) is 4.42. The molecule has 0 aromatic carbocycles. The van der Waals surface area contributed by atoms with E-state index in [9.17, 15) is 18.0 Å². The largest absolute Gasteiger partial charge is 0.406 e. The molecule has 2 aliphatic rings. The molecule has 0 radical (unpaired) electrons. The number of hydrogen-bond donors (Lipinski definition) is 1. The molecule has 1 amide bonds. The van der Waals surface area contributed by atoms with Crippen LogP contribution in [0.2, 0.25) is 0 Å². The van der Waals surface area contributed by atoms with Gasteiger partial charge in [0.1, 0.15) is 6.54 Å². The number of carbonyl (C=O) groups is 1. The van der Waals surface area contributed by atoms with Gasteiger partial charge in [-0.1, -0.05) is 12.8 Å². The maximum absolute atomic E-state index is 12.6. The maximum Gasteiger partial charge on any atom is 0.406 e. The van der Waals surface area contributed by atoms with Gasteiger partial charge in [-0.15, -0.1) is 0 Å². The van der Waals surface area contributed by atoms with Crippen LogP contribution in [-0.4, -0.2) is 41.7 Å². The molecule has 0 aromatic rings. The van der Waals surface area contributed by atoms with Crippen molar-refractivity contribution < 1.29 is 18.0 Å². The molecule has 3 unspecified atom stereocenters. The Morgan fingerprint density at radius 1 is 1.30 bits per heavy atom. The van der Waals surface area contributed by atoms with E-state index in [2.05, 4.69) is 5.32 Å². The topological polar surface area (TPSA) is 32.3 Å². The first-order chi connectivity index (χ1) is 9.28. The molecule has 3 atom stereocenters. The molecule has 1 heterocycles. The summed E-state index contributed by atoms with van der Waals surface area (Å²) in [5, 5.41) is 3.26. The Morgan fingerprint density at radius 3 is 2.50 bits per heavy atom. The average Bonchev–Trinajstić information content (AvgIpc) is 2.77. The first kappa shape index (κ1) is 15.6. The Kier molecular flexibility index (Phi) is 4.62. The smallest absolute Gasteiger partial charge is 0.330 e. The minimum atomic E-state index is -4.34. The molecule has 1 aliphatic carbocycles. The summed E-state index contributed by atoms with van der Waals surface area (Å²) in [5.74, 6) is 0.0596. The van der Waals surface area contributed by atoms with Gasteiger partial charge in [-0.25, -0.2) is 0 Å². The second-order valence-electron chi connectivity index (χ2n) is 6.28. The van der Waals surface area contributed by atoms with Crippen LogP contribution in [0, 0.1) is 5.92 Å². The van der Waals surface area contributed by atoms with Gasteiger partial charge in [-0.05, 0) is 39.0 Å². The summed E-state index contributed by atoms with van der Waals surface area (Å²) in [6.45, 7) is 2.11. The van der Waals surface area contributed by atoms with Crippen molar-refractivity contribution in [1.82, 2.24) is 10.2 Å². The zero-order valence-electron chi connectivity index (χ0n) is 12.0. The van der Waals surface area contributed by atoms with Crippen molar-refractivity contribution in [3.8, 4) is 0 Å². The summed E-state index contributed by atoms with van der Waals surface area (Å²) in [5.41, 5.74) is 0. The lowest BCUT2D eigenvalue weighted by Gasteiger charge is -2.30. The minimum absolute atomic E-state index is 0.317. The van der Waals surface area contributed by atoms with E-state index >= 15 is 0 Å². The summed E-state index contributed by atoms with van der Waals surface area (Å²) in [4.78, 5) is 13.3. The van der Waals surface area contributed by atoms with Crippen molar-refractivity contribution in [3.63, 3.8) is 0 Å². The fraction of sp³-hybridized carbons (Fsp3) is 0.929. The predicted octanol–water partition coefficient (Wildman–Crippen LogP) is 2.71. The second-order valence-corrected chi connectivity index (χ2v) is 6.28. The van der Waals surface area contributed by atoms with Crippen LogP contribution in [0.1, 0.15) is 46.0 Å². The van der Waals surface area contributed by atoms with Crippen molar-refractivity contribution in [2.24, 2.45) is 5.92 Å². The predicted molar refractivity (Wildman–Crippen MR) is 70.2 cm³/mol. The molecular weight excluding hydrogens is 269 g/mol. The molecule has 2 rings (SSSR count). The Morgan fingerprint density at radius 2 is 1.95 bits per heavy atom. The van der Waals surface area contributed by atoms with Gasteiger partial charge < -0.3 is 10.2 Å². The molecule has 0 aromatic heterocycles. The van der Waals surface area contributed by atoms with Gasteiger partial charge in [0.05, 0.1) is 6.04 Å². The van der Waals surface area contributed by atoms with E-state index in [1.54, 1.807) is 13.8 Å². The molecule has 20 heavy (non-hydrogen) atoms. The lowest BCUT2D eigenvalue weighted by molar-refractivity contribution is -0.165. The van der Waals surface area contributed by atoms with Crippen molar-refractivity contribution in [3.05, 3.63) is 0 Å². The maximum atomic E-state index is 12.6. The quantitative estimate of drug-likeness (QED) is 0.867. The summed E-state index contributed by atoms with van der Waals surface area (Å²) >= 11 is 0. The third-order valence-electron chi connectivity index (χ3n) is 4.42. The Balaban J connectivity index is 2.01. The number of nitrogens with one attached hydrogen (secondary N) is 1. The van der Waals surface area contributed by atoms with Gasteiger partial charge in [0.2, 0.25) is 5.91 Å². The van der Waals surface area contributed by atoms with E-state index in [0.717, 1.165) is 24.2 Å². The normalized spacial score (nSPS) is 30.4. The lowest BCUT2D eigenvalue weighted by atomic mass is 9.85. The molecule has 0 bridgehead atoms. The fourth-order valence-electron chi connectivity index (χ4n) is 3.42. The van der Waals surface area contributed by atoms with Crippen LogP contribution in [0.25, 0.3) is 0 Å². The van der Waals surface area contributed by atoms with E-state index in [0.29, 0.717) is 18.4 Å². The molecule has 6 heteroatoms. The number of nitrogens with zero attached hydrogens (tertiary/aromatic N) is 1. The number of hydrogen-bond acceptors (Lipinski definition) is 2. The molecule has 0 spiro atoms. The first-order valence-electron chi connectivity index (χ1n) is 7.41. The molecule has 1 saturated carbocycles.